The Kier molecular flexibility index (Phi) is 7.47. The third kappa shape index (κ3) is 5.76. The van der Waals surface area contributed by atoms with Crippen molar-refractivity contribution >= 4 is 11.8 Å². The van der Waals surface area contributed by atoms with Gasteiger partial charge in [-0.2, -0.15) is 0 Å². The first kappa shape index (κ1) is 22.9. The van der Waals surface area contributed by atoms with E-state index in [0.717, 1.165) is 16.7 Å². The normalized spacial score (nSPS) is 11.6. The molecular formula is C27H25N3O4. The molecule has 0 spiro atoms. The molecule has 1 heterocycles. The van der Waals surface area contributed by atoms with E-state index >= 15 is 0 Å². The SMILES string of the molecule is O=C(O)[C@H](Cc1ccccc1)Nc1ncnc(-c2ccc(OCc3ccccc3)cc2)c1CO. The fraction of sp³-hybridized carbons (Fsp3) is 0.148. The first-order valence-corrected chi connectivity index (χ1v) is 10.9. The van der Waals surface area contributed by atoms with E-state index < -0.39 is 12.0 Å². The Morgan fingerprint density at radius 2 is 1.53 bits per heavy atom. The highest BCUT2D eigenvalue weighted by Crippen LogP contribution is 2.28. The van der Waals surface area contributed by atoms with E-state index in [1.54, 1.807) is 0 Å². The molecule has 0 amide bonds. The summed E-state index contributed by atoms with van der Waals surface area (Å²) in [6.07, 6.45) is 1.63. The first-order chi connectivity index (χ1) is 16.6. The number of aromatic nitrogens is 2. The van der Waals surface area contributed by atoms with Gasteiger partial charge >= 0.3 is 5.97 Å². The van der Waals surface area contributed by atoms with E-state index in [2.05, 4.69) is 15.3 Å². The molecule has 172 valence electrons. The maximum absolute atomic E-state index is 11.9. The molecule has 4 rings (SSSR count). The number of carboxylic acids is 1. The van der Waals surface area contributed by atoms with Crippen LogP contribution in [0.2, 0.25) is 0 Å². The number of aliphatic carboxylic acids is 1. The average molecular weight is 456 g/mol. The Hall–Kier alpha value is -4.23. The molecule has 34 heavy (non-hydrogen) atoms. The van der Waals surface area contributed by atoms with Crippen LogP contribution in [-0.2, 0) is 24.4 Å². The zero-order chi connectivity index (χ0) is 23.8. The molecule has 7 nitrogen and oxygen atoms in total. The molecule has 1 aromatic heterocycles. The number of nitrogens with one attached hydrogen (secondary N) is 1. The van der Waals surface area contributed by atoms with E-state index in [0.29, 0.717) is 29.4 Å². The molecule has 0 radical (unpaired) electrons. The molecule has 1 atom stereocenters. The Labute approximate surface area is 197 Å². The Bertz CT molecular complexity index is 1220. The van der Waals surface area contributed by atoms with Crippen molar-refractivity contribution in [3.8, 4) is 17.0 Å². The highest BCUT2D eigenvalue weighted by Gasteiger charge is 2.21. The fourth-order valence-corrected chi connectivity index (χ4v) is 3.60. The number of nitrogens with zero attached hydrogens (tertiary/aromatic N) is 2. The molecule has 0 aliphatic rings. The van der Waals surface area contributed by atoms with Gasteiger partial charge in [0.05, 0.1) is 12.3 Å². The summed E-state index contributed by atoms with van der Waals surface area (Å²) in [6, 6.07) is 25.7. The molecule has 0 saturated carbocycles. The van der Waals surface area contributed by atoms with Gasteiger partial charge in [-0.1, -0.05) is 60.7 Å². The maximum atomic E-state index is 11.9. The minimum atomic E-state index is -1.01. The Balaban J connectivity index is 1.52. The van der Waals surface area contributed by atoms with Crippen molar-refractivity contribution in [2.75, 3.05) is 5.32 Å². The Morgan fingerprint density at radius 3 is 2.15 bits per heavy atom. The van der Waals surface area contributed by atoms with E-state index in [1.165, 1.54) is 6.33 Å². The second kappa shape index (κ2) is 11.1. The molecule has 3 aromatic carbocycles. The van der Waals surface area contributed by atoms with Crippen molar-refractivity contribution < 1.29 is 19.7 Å². The molecular weight excluding hydrogens is 430 g/mol. The molecule has 0 aliphatic carbocycles. The van der Waals surface area contributed by atoms with Crippen molar-refractivity contribution in [3.05, 3.63) is 108 Å². The van der Waals surface area contributed by atoms with Crippen LogP contribution in [0.1, 0.15) is 16.7 Å². The van der Waals surface area contributed by atoms with Gasteiger partial charge in [-0.25, -0.2) is 14.8 Å². The van der Waals surface area contributed by atoms with Crippen LogP contribution in [0.5, 0.6) is 5.75 Å². The zero-order valence-corrected chi connectivity index (χ0v) is 18.5. The summed E-state index contributed by atoms with van der Waals surface area (Å²) >= 11 is 0. The molecule has 3 N–H and O–H groups in total. The van der Waals surface area contributed by atoms with Gasteiger partial charge in [-0.05, 0) is 35.4 Å². The minimum Gasteiger partial charge on any atom is -0.489 e. The van der Waals surface area contributed by atoms with Crippen LogP contribution < -0.4 is 10.1 Å². The lowest BCUT2D eigenvalue weighted by molar-refractivity contribution is -0.137. The number of carbonyl (C=O) groups is 1. The summed E-state index contributed by atoms with van der Waals surface area (Å²) in [5.74, 6) is -0.00702. The summed E-state index contributed by atoms with van der Waals surface area (Å²) in [6.45, 7) is 0.115. The van der Waals surface area contributed by atoms with Crippen molar-refractivity contribution in [1.82, 2.24) is 9.97 Å². The second-order valence-corrected chi connectivity index (χ2v) is 7.73. The molecule has 0 unspecified atom stereocenters. The lowest BCUT2D eigenvalue weighted by atomic mass is 10.0. The van der Waals surface area contributed by atoms with Gasteiger partial charge in [0.2, 0.25) is 0 Å². The topological polar surface area (TPSA) is 105 Å². The highest BCUT2D eigenvalue weighted by atomic mass is 16.5. The standard InChI is InChI=1S/C27H25N3O4/c31-16-23-25(21-11-13-22(14-12-21)34-17-20-9-5-2-6-10-20)28-18-29-26(23)30-24(27(32)33)15-19-7-3-1-4-8-19/h1-14,18,24,31H,15-17H2,(H,32,33)(H,28,29,30)/t24-/m0/s1. The van der Waals surface area contributed by atoms with Crippen molar-refractivity contribution in [3.63, 3.8) is 0 Å². The third-order valence-corrected chi connectivity index (χ3v) is 5.37. The van der Waals surface area contributed by atoms with Crippen molar-refractivity contribution in [1.29, 1.82) is 0 Å². The number of carboxylic acid groups (broad SMARTS) is 1. The van der Waals surface area contributed by atoms with E-state index in [-0.39, 0.29) is 13.0 Å². The summed E-state index contributed by atoms with van der Waals surface area (Å²) in [5, 5.41) is 22.8. The van der Waals surface area contributed by atoms with E-state index in [1.807, 2.05) is 84.9 Å². The monoisotopic (exact) mass is 455 g/mol. The summed E-state index contributed by atoms with van der Waals surface area (Å²) < 4.78 is 5.84. The summed E-state index contributed by atoms with van der Waals surface area (Å²) in [7, 11) is 0. The average Bonchev–Trinajstić information content (AvgIpc) is 2.88. The van der Waals surface area contributed by atoms with Crippen LogP contribution in [-0.4, -0.2) is 32.2 Å². The van der Waals surface area contributed by atoms with E-state index in [4.69, 9.17) is 4.74 Å². The molecule has 0 aliphatic heterocycles. The van der Waals surface area contributed by atoms with Gasteiger partial charge in [-0.15, -0.1) is 0 Å². The second-order valence-electron chi connectivity index (χ2n) is 7.73. The smallest absolute Gasteiger partial charge is 0.326 e. The summed E-state index contributed by atoms with van der Waals surface area (Å²) in [5.41, 5.74) is 3.67. The number of hydrogen-bond acceptors (Lipinski definition) is 6. The summed E-state index contributed by atoms with van der Waals surface area (Å²) in [4.78, 5) is 20.4. The van der Waals surface area contributed by atoms with Crippen molar-refractivity contribution in [2.24, 2.45) is 0 Å². The van der Waals surface area contributed by atoms with Gasteiger partial charge in [0.15, 0.2) is 0 Å². The van der Waals surface area contributed by atoms with Gasteiger partial charge in [0.1, 0.15) is 30.5 Å². The number of ether oxygens (including phenoxy) is 1. The van der Waals surface area contributed by atoms with Crippen LogP contribution in [0.25, 0.3) is 11.3 Å². The lowest BCUT2D eigenvalue weighted by Gasteiger charge is -2.18. The quantitative estimate of drug-likeness (QED) is 0.327. The molecule has 7 heteroatoms. The molecule has 0 bridgehead atoms. The van der Waals surface area contributed by atoms with Gasteiger partial charge in [0.25, 0.3) is 0 Å². The van der Waals surface area contributed by atoms with Crippen LogP contribution in [0, 0.1) is 0 Å². The largest absolute Gasteiger partial charge is 0.489 e. The van der Waals surface area contributed by atoms with Crippen LogP contribution >= 0.6 is 0 Å². The first-order valence-electron chi connectivity index (χ1n) is 10.9. The number of hydrogen-bond donors (Lipinski definition) is 3. The Morgan fingerprint density at radius 1 is 0.882 bits per heavy atom. The predicted octanol–water partition coefficient (Wildman–Crippen LogP) is 4.32. The highest BCUT2D eigenvalue weighted by molar-refractivity contribution is 5.78. The fourth-order valence-electron chi connectivity index (χ4n) is 3.60. The zero-order valence-electron chi connectivity index (χ0n) is 18.5. The third-order valence-electron chi connectivity index (χ3n) is 5.37. The van der Waals surface area contributed by atoms with Gasteiger partial charge in [-0.3, -0.25) is 0 Å². The molecule has 0 saturated heterocycles. The maximum Gasteiger partial charge on any atom is 0.326 e. The number of benzene rings is 3. The van der Waals surface area contributed by atoms with Gasteiger partial charge in [0, 0.05) is 17.5 Å². The van der Waals surface area contributed by atoms with E-state index in [9.17, 15) is 15.0 Å². The molecule has 0 fully saturated rings. The lowest BCUT2D eigenvalue weighted by Crippen LogP contribution is -2.32. The predicted molar refractivity (Wildman–Crippen MR) is 129 cm³/mol. The van der Waals surface area contributed by atoms with Crippen LogP contribution in [0.3, 0.4) is 0 Å². The van der Waals surface area contributed by atoms with Gasteiger partial charge < -0.3 is 20.3 Å². The number of aliphatic hydroxyl groups is 1. The van der Waals surface area contributed by atoms with Crippen LogP contribution in [0.4, 0.5) is 5.82 Å². The number of rotatable bonds is 10. The molecule has 4 aromatic rings. The number of aliphatic hydroxyl groups excluding tert-OH is 1. The minimum absolute atomic E-state index is 0.272. The van der Waals surface area contributed by atoms with Crippen molar-refractivity contribution in [2.45, 2.75) is 25.7 Å². The van der Waals surface area contributed by atoms with Crippen LogP contribution in [0.15, 0.2) is 91.3 Å². The number of anilines is 1.